The number of carbonyl (C=O) groups excluding carboxylic acids is 3. The summed E-state index contributed by atoms with van der Waals surface area (Å²) in [5.41, 5.74) is -0.668. The van der Waals surface area contributed by atoms with Gasteiger partial charge in [-0.05, 0) is 44.9 Å². The highest BCUT2D eigenvalue weighted by Gasteiger charge is 2.72. The fourth-order valence-corrected chi connectivity index (χ4v) is 6.38. The molecule has 0 aromatic heterocycles. The topological polar surface area (TPSA) is 116 Å². The number of hydrogen-bond donors (Lipinski definition) is 1. The largest absolute Gasteiger partial charge is 0.460 e. The summed E-state index contributed by atoms with van der Waals surface area (Å²) in [7, 11) is 1.66. The Morgan fingerprint density at radius 1 is 1.15 bits per heavy atom. The average molecular weight is 580 g/mol. The number of epoxide rings is 2. The van der Waals surface area contributed by atoms with Crippen LogP contribution >= 0.6 is 0 Å². The van der Waals surface area contributed by atoms with Crippen LogP contribution in [0.5, 0.6) is 0 Å². The molecule has 41 heavy (non-hydrogen) atoms. The Morgan fingerprint density at radius 2 is 1.85 bits per heavy atom. The third-order valence-electron chi connectivity index (χ3n) is 9.26. The highest BCUT2D eigenvalue weighted by molar-refractivity contribution is 5.77. The van der Waals surface area contributed by atoms with E-state index in [2.05, 4.69) is 18.8 Å². The monoisotopic (exact) mass is 579 g/mol. The van der Waals surface area contributed by atoms with Gasteiger partial charge in [-0.3, -0.25) is 9.59 Å². The van der Waals surface area contributed by atoms with E-state index in [0.717, 1.165) is 44.9 Å². The zero-order chi connectivity index (χ0) is 30.0. The number of nitrogens with one attached hydrogen (secondary N) is 1. The van der Waals surface area contributed by atoms with Crippen LogP contribution in [-0.2, 0) is 33.3 Å². The molecule has 0 bridgehead atoms. The maximum Gasteiger partial charge on any atom is 0.407 e. The zero-order valence-electron chi connectivity index (χ0n) is 25.9. The normalized spacial score (nSPS) is 31.0. The molecule has 9 nitrogen and oxygen atoms in total. The van der Waals surface area contributed by atoms with E-state index in [1.807, 2.05) is 26.8 Å². The third kappa shape index (κ3) is 9.26. The number of ether oxygens (including phenoxy) is 5. The number of amides is 1. The van der Waals surface area contributed by atoms with E-state index < -0.39 is 11.7 Å². The molecule has 234 valence electrons. The van der Waals surface area contributed by atoms with Crippen molar-refractivity contribution in [3.05, 3.63) is 12.7 Å². The summed E-state index contributed by atoms with van der Waals surface area (Å²) < 4.78 is 29.5. The van der Waals surface area contributed by atoms with Gasteiger partial charge in [0.15, 0.2) is 0 Å². The summed E-state index contributed by atoms with van der Waals surface area (Å²) in [6.07, 6.45) is 9.32. The predicted molar refractivity (Wildman–Crippen MR) is 155 cm³/mol. The maximum absolute atomic E-state index is 13.1. The number of methoxy groups -OCH3 is 1. The second kappa shape index (κ2) is 15.5. The first-order valence-corrected chi connectivity index (χ1v) is 15.7. The van der Waals surface area contributed by atoms with Crippen molar-refractivity contribution in [2.75, 3.05) is 26.9 Å². The van der Waals surface area contributed by atoms with Crippen molar-refractivity contribution in [3.8, 4) is 0 Å². The van der Waals surface area contributed by atoms with E-state index in [4.69, 9.17) is 23.7 Å². The molecular weight excluding hydrogens is 526 g/mol. The highest BCUT2D eigenvalue weighted by Crippen LogP contribution is 2.59. The molecule has 3 unspecified atom stereocenters. The van der Waals surface area contributed by atoms with Gasteiger partial charge in [-0.1, -0.05) is 46.1 Å². The number of alkyl carbamates (subject to hydrolysis) is 1. The molecule has 2 heterocycles. The Bertz CT molecular complexity index is 887. The molecule has 1 amide bonds. The zero-order valence-corrected chi connectivity index (χ0v) is 25.9. The molecular formula is C32H53NO8. The minimum Gasteiger partial charge on any atom is -0.460 e. The first-order chi connectivity index (χ1) is 19.6. The number of unbranched alkanes of at least 4 members (excludes halogenated alkanes) is 4. The van der Waals surface area contributed by atoms with E-state index in [1.54, 1.807) is 7.11 Å². The van der Waals surface area contributed by atoms with E-state index in [0.29, 0.717) is 38.2 Å². The molecule has 7 atom stereocenters. The van der Waals surface area contributed by atoms with Crippen molar-refractivity contribution in [2.24, 2.45) is 17.8 Å². The summed E-state index contributed by atoms with van der Waals surface area (Å²) >= 11 is 0. The predicted octanol–water partition coefficient (Wildman–Crippen LogP) is 5.53. The quantitative estimate of drug-likeness (QED) is 0.0919. The molecule has 1 aliphatic carbocycles. The number of rotatable bonds is 19. The molecule has 0 aromatic carbocycles. The number of esters is 1. The summed E-state index contributed by atoms with van der Waals surface area (Å²) in [6, 6.07) is 0. The molecule has 3 fully saturated rings. The fraction of sp³-hybridized carbons (Fsp3) is 0.844. The summed E-state index contributed by atoms with van der Waals surface area (Å²) in [4.78, 5) is 36.7. The Balaban J connectivity index is 1.40. The van der Waals surface area contributed by atoms with Crippen molar-refractivity contribution in [2.45, 2.75) is 128 Å². The van der Waals surface area contributed by atoms with Gasteiger partial charge in [0.2, 0.25) is 0 Å². The van der Waals surface area contributed by atoms with Crippen LogP contribution < -0.4 is 5.32 Å². The van der Waals surface area contributed by atoms with Gasteiger partial charge in [0.25, 0.3) is 0 Å². The Kier molecular flexibility index (Phi) is 12.7. The lowest BCUT2D eigenvalue weighted by Gasteiger charge is -2.42. The summed E-state index contributed by atoms with van der Waals surface area (Å²) in [5, 5.41) is 2.80. The van der Waals surface area contributed by atoms with E-state index in [1.165, 1.54) is 0 Å². The van der Waals surface area contributed by atoms with Gasteiger partial charge in [-0.2, -0.15) is 0 Å². The van der Waals surface area contributed by atoms with Crippen molar-refractivity contribution in [1.82, 2.24) is 5.32 Å². The summed E-state index contributed by atoms with van der Waals surface area (Å²) in [5.74, 6) is -0.0416. The Labute approximate surface area is 246 Å². The molecule has 1 spiro atoms. The maximum atomic E-state index is 13.1. The first-order valence-electron chi connectivity index (χ1n) is 15.7. The molecule has 1 N–H and O–H groups in total. The van der Waals surface area contributed by atoms with Crippen molar-refractivity contribution >= 4 is 17.8 Å². The van der Waals surface area contributed by atoms with Gasteiger partial charge >= 0.3 is 12.1 Å². The first kappa shape index (κ1) is 33.5. The molecule has 0 aromatic rings. The minimum absolute atomic E-state index is 0.0327. The van der Waals surface area contributed by atoms with Gasteiger partial charge in [-0.25, -0.2) is 4.79 Å². The fourth-order valence-electron chi connectivity index (χ4n) is 6.38. The van der Waals surface area contributed by atoms with E-state index in [-0.39, 0.29) is 60.7 Å². The third-order valence-corrected chi connectivity index (χ3v) is 9.26. The molecule has 2 aliphatic heterocycles. The molecule has 1 saturated carbocycles. The highest BCUT2D eigenvalue weighted by atomic mass is 16.6. The Hall–Kier alpha value is -1.97. The van der Waals surface area contributed by atoms with Gasteiger partial charge in [0.1, 0.15) is 29.2 Å². The van der Waals surface area contributed by atoms with E-state index >= 15 is 0 Å². The van der Waals surface area contributed by atoms with Crippen molar-refractivity contribution < 1.29 is 38.1 Å². The number of hydrogen-bond acceptors (Lipinski definition) is 8. The number of carbonyl (C=O) groups is 3. The number of Topliss-reactive ketones (excluding diaryl/α,β-unsaturated/α-hetero) is 1. The molecule has 2 saturated heterocycles. The summed E-state index contributed by atoms with van der Waals surface area (Å²) in [6.45, 7) is 13.2. The van der Waals surface area contributed by atoms with Crippen LogP contribution in [0.25, 0.3) is 0 Å². The lowest BCUT2D eigenvalue weighted by Crippen LogP contribution is -2.55. The molecule has 3 rings (SSSR count). The van der Waals surface area contributed by atoms with Crippen molar-refractivity contribution in [1.29, 1.82) is 0 Å². The van der Waals surface area contributed by atoms with Crippen LogP contribution in [0.3, 0.4) is 0 Å². The average Bonchev–Trinajstić information content (AvgIpc) is 3.85. The molecule has 9 heteroatoms. The van der Waals surface area contributed by atoms with Gasteiger partial charge < -0.3 is 29.0 Å². The molecule has 0 radical (unpaired) electrons. The van der Waals surface area contributed by atoms with Crippen LogP contribution in [0.1, 0.15) is 98.3 Å². The van der Waals surface area contributed by atoms with Gasteiger partial charge in [-0.15, -0.1) is 6.58 Å². The minimum atomic E-state index is -0.464. The smallest absolute Gasteiger partial charge is 0.407 e. The lowest BCUT2D eigenvalue weighted by molar-refractivity contribution is -0.173. The second-order valence-corrected chi connectivity index (χ2v) is 12.6. The standard InChI is InChI=1S/C32H53NO8/c1-7-14-26-31(5,41-26)29-28(37-6)25(16-17-32(29)21-39-32)40-27(35)19-23(22(3)4)20-38-30(36)33-18-13-11-9-10-12-15-24(34)8-2/h7,22-23,25-26,28-29H,1,8-21H2,2-6H3,(H,33,36)/t23-,25?,26+,28?,29?,31-,32-/m0/s1. The van der Waals surface area contributed by atoms with Crippen LogP contribution in [0.4, 0.5) is 4.79 Å². The second-order valence-electron chi connectivity index (χ2n) is 12.6. The van der Waals surface area contributed by atoms with Crippen LogP contribution in [0.15, 0.2) is 12.7 Å². The molecule has 3 aliphatic rings. The number of ketones is 1. The van der Waals surface area contributed by atoms with Crippen molar-refractivity contribution in [3.63, 3.8) is 0 Å². The van der Waals surface area contributed by atoms with Crippen LogP contribution in [-0.4, -0.2) is 74.2 Å². The SMILES string of the molecule is C=CC[C@H]1O[C@]1(C)C1C(OC)C(OC(=O)C[C@@H](COC(=O)NCCCCCCCC(=O)CC)C(C)C)CC[C@]12CO2. The lowest BCUT2D eigenvalue weighted by atomic mass is 9.68. The van der Waals surface area contributed by atoms with E-state index in [9.17, 15) is 14.4 Å². The van der Waals surface area contributed by atoms with Crippen LogP contribution in [0.2, 0.25) is 0 Å². The van der Waals surface area contributed by atoms with Gasteiger partial charge in [0.05, 0.1) is 31.7 Å². The Morgan fingerprint density at radius 3 is 2.49 bits per heavy atom. The van der Waals surface area contributed by atoms with Crippen LogP contribution in [0, 0.1) is 17.8 Å². The van der Waals surface area contributed by atoms with Gasteiger partial charge in [0, 0.05) is 32.4 Å².